The van der Waals surface area contributed by atoms with Gasteiger partial charge in [-0.05, 0) is 13.3 Å². The van der Waals surface area contributed by atoms with Crippen molar-refractivity contribution >= 4 is 5.91 Å². The highest BCUT2D eigenvalue weighted by atomic mass is 16.2. The Labute approximate surface area is 101 Å². The minimum atomic E-state index is -0.601. The molecule has 5 nitrogen and oxygen atoms in total. The molecule has 1 amide bonds. The first-order chi connectivity index (χ1) is 8.08. The first-order valence-electron chi connectivity index (χ1n) is 5.76. The molecular formula is C12H18N4O. The van der Waals surface area contributed by atoms with E-state index in [9.17, 15) is 4.79 Å². The van der Waals surface area contributed by atoms with E-state index in [2.05, 4.69) is 18.1 Å². The highest BCUT2D eigenvalue weighted by molar-refractivity contribution is 5.83. The van der Waals surface area contributed by atoms with Crippen molar-refractivity contribution < 1.29 is 4.79 Å². The molecule has 1 aliphatic heterocycles. The summed E-state index contributed by atoms with van der Waals surface area (Å²) in [4.78, 5) is 13.9. The summed E-state index contributed by atoms with van der Waals surface area (Å²) in [5.74, 6) is -0.0262. The summed E-state index contributed by atoms with van der Waals surface area (Å²) in [5, 5.41) is 4.03. The Morgan fingerprint density at radius 3 is 2.88 bits per heavy atom. The third-order valence-corrected chi connectivity index (χ3v) is 3.10. The van der Waals surface area contributed by atoms with Crippen molar-refractivity contribution in [3.05, 3.63) is 29.6 Å². The number of hydrogen-bond donors (Lipinski definition) is 1. The van der Waals surface area contributed by atoms with E-state index < -0.39 is 6.04 Å². The fourth-order valence-electron chi connectivity index (χ4n) is 1.91. The highest BCUT2D eigenvalue weighted by Crippen LogP contribution is 2.16. The predicted octanol–water partition coefficient (Wildman–Crippen LogP) is 0.598. The molecule has 2 rings (SSSR count). The van der Waals surface area contributed by atoms with Crippen LogP contribution < -0.4 is 5.73 Å². The molecule has 0 radical (unpaired) electrons. The van der Waals surface area contributed by atoms with Crippen molar-refractivity contribution in [3.63, 3.8) is 0 Å². The highest BCUT2D eigenvalue weighted by Gasteiger charge is 2.24. The molecule has 1 aromatic heterocycles. The number of carbonyl (C=O) groups excluding carboxylic acids is 1. The lowest BCUT2D eigenvalue weighted by Crippen LogP contribution is -2.40. The van der Waals surface area contributed by atoms with E-state index in [0.717, 1.165) is 18.5 Å². The van der Waals surface area contributed by atoms with Crippen LogP contribution in [0.3, 0.4) is 0 Å². The average Bonchev–Trinajstić information content (AvgIpc) is 2.75. The topological polar surface area (TPSA) is 64.2 Å². The molecule has 1 atom stereocenters. The Balaban J connectivity index is 2.05. The van der Waals surface area contributed by atoms with Crippen LogP contribution in [0.5, 0.6) is 0 Å². The third kappa shape index (κ3) is 2.55. The van der Waals surface area contributed by atoms with Crippen molar-refractivity contribution in [2.24, 2.45) is 12.8 Å². The second kappa shape index (κ2) is 4.71. The fourth-order valence-corrected chi connectivity index (χ4v) is 1.91. The molecule has 5 heteroatoms. The van der Waals surface area contributed by atoms with Gasteiger partial charge in [0.2, 0.25) is 5.91 Å². The van der Waals surface area contributed by atoms with Crippen LogP contribution in [0.15, 0.2) is 24.0 Å². The molecule has 2 N–H and O–H groups in total. The van der Waals surface area contributed by atoms with Crippen LogP contribution in [-0.4, -0.2) is 33.7 Å². The number of nitrogens with zero attached hydrogens (tertiary/aromatic N) is 3. The molecule has 0 saturated heterocycles. The van der Waals surface area contributed by atoms with Gasteiger partial charge >= 0.3 is 0 Å². The maximum atomic E-state index is 12.1. The summed E-state index contributed by atoms with van der Waals surface area (Å²) in [6.45, 7) is 3.51. The van der Waals surface area contributed by atoms with Gasteiger partial charge in [-0.3, -0.25) is 9.48 Å². The van der Waals surface area contributed by atoms with Crippen molar-refractivity contribution in [1.82, 2.24) is 14.7 Å². The Morgan fingerprint density at radius 1 is 1.59 bits per heavy atom. The number of aromatic nitrogens is 2. The predicted molar refractivity (Wildman–Crippen MR) is 65.1 cm³/mol. The first-order valence-corrected chi connectivity index (χ1v) is 5.76. The Bertz CT molecular complexity index is 449. The van der Waals surface area contributed by atoms with Crippen LogP contribution in [0, 0.1) is 0 Å². The quantitative estimate of drug-likeness (QED) is 0.762. The number of hydrogen-bond acceptors (Lipinski definition) is 3. The van der Waals surface area contributed by atoms with Crippen LogP contribution in [0.4, 0.5) is 0 Å². The van der Waals surface area contributed by atoms with Crippen LogP contribution >= 0.6 is 0 Å². The van der Waals surface area contributed by atoms with Gasteiger partial charge in [-0.1, -0.05) is 11.6 Å². The van der Waals surface area contributed by atoms with Gasteiger partial charge in [0, 0.05) is 31.9 Å². The van der Waals surface area contributed by atoms with Crippen molar-refractivity contribution in [2.75, 3.05) is 13.1 Å². The molecule has 0 bridgehead atoms. The number of aryl methyl sites for hydroxylation is 1. The molecule has 1 aliphatic rings. The largest absolute Gasteiger partial charge is 0.337 e. The Kier molecular flexibility index (Phi) is 3.28. The molecule has 0 aliphatic carbocycles. The number of carbonyl (C=O) groups is 1. The van der Waals surface area contributed by atoms with E-state index in [1.165, 1.54) is 5.57 Å². The van der Waals surface area contributed by atoms with Gasteiger partial charge in [0.15, 0.2) is 0 Å². The van der Waals surface area contributed by atoms with E-state index in [-0.39, 0.29) is 5.91 Å². The molecule has 0 spiro atoms. The molecular weight excluding hydrogens is 216 g/mol. The monoisotopic (exact) mass is 234 g/mol. The normalized spacial score (nSPS) is 17.8. The van der Waals surface area contributed by atoms with Gasteiger partial charge in [-0.15, -0.1) is 0 Å². The molecule has 2 heterocycles. The summed E-state index contributed by atoms with van der Waals surface area (Å²) >= 11 is 0. The van der Waals surface area contributed by atoms with E-state index >= 15 is 0 Å². The SMILES string of the molecule is CC1=CCN(C(=O)C(N)c2cnn(C)c2)CC1. The van der Waals surface area contributed by atoms with Gasteiger partial charge in [-0.25, -0.2) is 0 Å². The number of rotatable bonds is 2. The Morgan fingerprint density at radius 2 is 2.35 bits per heavy atom. The summed E-state index contributed by atoms with van der Waals surface area (Å²) in [6.07, 6.45) is 6.45. The number of amides is 1. The molecule has 92 valence electrons. The summed E-state index contributed by atoms with van der Waals surface area (Å²) in [7, 11) is 1.81. The maximum Gasteiger partial charge on any atom is 0.244 e. The maximum absolute atomic E-state index is 12.1. The van der Waals surface area contributed by atoms with Crippen molar-refractivity contribution in [1.29, 1.82) is 0 Å². The molecule has 1 unspecified atom stereocenters. The van der Waals surface area contributed by atoms with Crippen LogP contribution in [-0.2, 0) is 11.8 Å². The molecule has 0 fully saturated rings. The van der Waals surface area contributed by atoms with E-state index in [1.54, 1.807) is 22.0 Å². The lowest BCUT2D eigenvalue weighted by atomic mass is 10.1. The zero-order valence-corrected chi connectivity index (χ0v) is 10.3. The summed E-state index contributed by atoms with van der Waals surface area (Å²) in [5.41, 5.74) is 8.06. The minimum Gasteiger partial charge on any atom is -0.337 e. The first kappa shape index (κ1) is 11.9. The van der Waals surface area contributed by atoms with Crippen molar-refractivity contribution in [2.45, 2.75) is 19.4 Å². The van der Waals surface area contributed by atoms with Crippen LogP contribution in [0.2, 0.25) is 0 Å². The van der Waals surface area contributed by atoms with Gasteiger partial charge in [0.25, 0.3) is 0 Å². The summed E-state index contributed by atoms with van der Waals surface area (Å²) < 4.78 is 1.66. The van der Waals surface area contributed by atoms with Gasteiger partial charge in [0.1, 0.15) is 6.04 Å². The van der Waals surface area contributed by atoms with Crippen LogP contribution in [0.1, 0.15) is 24.9 Å². The summed E-state index contributed by atoms with van der Waals surface area (Å²) in [6, 6.07) is -0.601. The lowest BCUT2D eigenvalue weighted by Gasteiger charge is -2.27. The van der Waals surface area contributed by atoms with Gasteiger partial charge < -0.3 is 10.6 Å². The van der Waals surface area contributed by atoms with Gasteiger partial charge in [0.05, 0.1) is 6.20 Å². The van der Waals surface area contributed by atoms with Gasteiger partial charge in [-0.2, -0.15) is 5.10 Å². The average molecular weight is 234 g/mol. The zero-order chi connectivity index (χ0) is 12.4. The van der Waals surface area contributed by atoms with E-state index in [1.807, 2.05) is 7.05 Å². The number of nitrogens with two attached hydrogens (primary N) is 1. The molecule has 0 saturated carbocycles. The Hall–Kier alpha value is -1.62. The fraction of sp³-hybridized carbons (Fsp3) is 0.500. The minimum absolute atomic E-state index is 0.0262. The van der Waals surface area contributed by atoms with E-state index in [0.29, 0.717) is 6.54 Å². The lowest BCUT2D eigenvalue weighted by molar-refractivity contribution is -0.132. The zero-order valence-electron chi connectivity index (χ0n) is 10.3. The van der Waals surface area contributed by atoms with E-state index in [4.69, 9.17) is 5.73 Å². The molecule has 17 heavy (non-hydrogen) atoms. The molecule has 1 aromatic rings. The smallest absolute Gasteiger partial charge is 0.244 e. The second-order valence-corrected chi connectivity index (χ2v) is 4.51. The van der Waals surface area contributed by atoms with Crippen molar-refractivity contribution in [3.8, 4) is 0 Å². The second-order valence-electron chi connectivity index (χ2n) is 4.51. The van der Waals surface area contributed by atoms with Crippen LogP contribution in [0.25, 0.3) is 0 Å². The standard InChI is InChI=1S/C12H18N4O/c1-9-3-5-16(6-4-9)12(17)11(13)10-7-14-15(2)8-10/h3,7-8,11H,4-6,13H2,1-2H3. The third-order valence-electron chi connectivity index (χ3n) is 3.10. The molecule has 0 aromatic carbocycles.